The first kappa shape index (κ1) is 27.3. The van der Waals surface area contributed by atoms with Gasteiger partial charge in [0, 0.05) is 12.1 Å². The maximum absolute atomic E-state index is 4.96. The van der Waals surface area contributed by atoms with Gasteiger partial charge in [0.2, 0.25) is 0 Å². The fourth-order valence-corrected chi connectivity index (χ4v) is 7.35. The lowest BCUT2D eigenvalue weighted by molar-refractivity contribution is 0.908. The number of aromatic nitrogens is 2. The van der Waals surface area contributed by atoms with Crippen molar-refractivity contribution in [3.05, 3.63) is 170 Å². The van der Waals surface area contributed by atoms with Gasteiger partial charge in [-0.25, -0.2) is 4.98 Å². The van der Waals surface area contributed by atoms with Crippen LogP contribution in [0.5, 0.6) is 0 Å². The summed E-state index contributed by atoms with van der Waals surface area (Å²) in [6.07, 6.45) is 0.860. The Bertz CT molecular complexity index is 2550. The Morgan fingerprint density at radius 3 is 1.72 bits per heavy atom. The van der Waals surface area contributed by atoms with Gasteiger partial charge in [-0.15, -0.1) is 0 Å². The average molecular weight is 601 g/mol. The van der Waals surface area contributed by atoms with Gasteiger partial charge in [0.25, 0.3) is 0 Å². The molecule has 222 valence electrons. The molecule has 0 saturated heterocycles. The number of hydrogen-bond acceptors (Lipinski definition) is 1. The van der Waals surface area contributed by atoms with Crippen LogP contribution >= 0.6 is 0 Å². The fourth-order valence-electron chi connectivity index (χ4n) is 7.35. The predicted octanol–water partition coefficient (Wildman–Crippen LogP) is 12.0. The van der Waals surface area contributed by atoms with E-state index in [9.17, 15) is 0 Å². The Morgan fingerprint density at radius 2 is 1.02 bits per heavy atom. The van der Waals surface area contributed by atoms with Crippen LogP contribution in [0.4, 0.5) is 0 Å². The number of nitrogens with zero attached hydrogens (tertiary/aromatic N) is 2. The van der Waals surface area contributed by atoms with Crippen molar-refractivity contribution in [1.29, 1.82) is 0 Å². The number of imidazole rings is 1. The van der Waals surface area contributed by atoms with E-state index in [1.54, 1.807) is 0 Å². The molecule has 0 atom stereocenters. The molecule has 0 saturated carbocycles. The molecule has 0 unspecified atom stereocenters. The van der Waals surface area contributed by atoms with Crippen LogP contribution in [0.15, 0.2) is 164 Å². The van der Waals surface area contributed by atoms with Gasteiger partial charge in [-0.1, -0.05) is 140 Å². The van der Waals surface area contributed by atoms with Gasteiger partial charge in [-0.05, 0) is 96.0 Å². The molecule has 2 heteroatoms. The van der Waals surface area contributed by atoms with Gasteiger partial charge in [0.15, 0.2) is 0 Å². The molecule has 9 aromatic rings. The summed E-state index contributed by atoms with van der Waals surface area (Å²) < 4.78 is 2.31. The number of para-hydroxylation sites is 2. The molecule has 9 rings (SSSR count). The Labute approximate surface area is 274 Å². The second kappa shape index (κ2) is 11.1. The molecule has 0 fully saturated rings. The van der Waals surface area contributed by atoms with E-state index in [0.717, 1.165) is 29.0 Å². The van der Waals surface area contributed by atoms with Crippen molar-refractivity contribution in [2.75, 3.05) is 0 Å². The fraction of sp³-hybridized carbons (Fsp3) is 0.0444. The molecule has 8 aromatic carbocycles. The third kappa shape index (κ3) is 4.53. The van der Waals surface area contributed by atoms with Crippen molar-refractivity contribution in [2.24, 2.45) is 0 Å². The zero-order valence-corrected chi connectivity index (χ0v) is 26.2. The maximum atomic E-state index is 4.96. The standard InChI is InChI=1S/C45H32N2/c1-2-43-46-41-20-9-10-21-42(41)47(43)36-15-11-14-35(29-36)45-39-18-7-5-16-37(39)44(38-17-6-8-19-40(38)45)32-25-22-31(23-26-32)34-27-24-30-12-3-4-13-33(30)28-34/h3-29H,2H2,1H3. The molecular formula is C45H32N2. The van der Waals surface area contributed by atoms with E-state index < -0.39 is 0 Å². The minimum atomic E-state index is 0.860. The molecule has 1 aromatic heterocycles. The number of benzene rings is 8. The van der Waals surface area contributed by atoms with E-state index in [2.05, 4.69) is 175 Å². The van der Waals surface area contributed by atoms with Crippen molar-refractivity contribution in [3.8, 4) is 39.1 Å². The SMILES string of the molecule is CCc1nc2ccccc2n1-c1cccc(-c2c3ccccc3c(-c3ccc(-c4ccc5ccccc5c4)cc3)c3ccccc23)c1. The first-order valence-electron chi connectivity index (χ1n) is 16.4. The second-order valence-corrected chi connectivity index (χ2v) is 12.2. The van der Waals surface area contributed by atoms with Crippen LogP contribution in [0.2, 0.25) is 0 Å². The number of fused-ring (bicyclic) bond motifs is 4. The smallest absolute Gasteiger partial charge is 0.114 e. The van der Waals surface area contributed by atoms with Crippen LogP contribution in [0.1, 0.15) is 12.7 Å². The lowest BCUT2D eigenvalue weighted by Crippen LogP contribution is -2.00. The summed E-state index contributed by atoms with van der Waals surface area (Å²) >= 11 is 0. The third-order valence-corrected chi connectivity index (χ3v) is 9.53. The number of aryl methyl sites for hydroxylation is 1. The highest BCUT2D eigenvalue weighted by Gasteiger charge is 2.18. The quantitative estimate of drug-likeness (QED) is 0.180. The topological polar surface area (TPSA) is 17.8 Å². The Kier molecular flexibility index (Phi) is 6.46. The summed E-state index contributed by atoms with van der Waals surface area (Å²) in [6.45, 7) is 2.18. The van der Waals surface area contributed by atoms with Crippen molar-refractivity contribution in [2.45, 2.75) is 13.3 Å². The summed E-state index contributed by atoms with van der Waals surface area (Å²) in [5, 5.41) is 7.55. The lowest BCUT2D eigenvalue weighted by atomic mass is 9.85. The summed E-state index contributed by atoms with van der Waals surface area (Å²) in [7, 11) is 0. The normalized spacial score (nSPS) is 11.6. The van der Waals surface area contributed by atoms with Gasteiger partial charge in [-0.2, -0.15) is 0 Å². The van der Waals surface area contributed by atoms with Gasteiger partial charge < -0.3 is 0 Å². The molecule has 0 spiro atoms. The van der Waals surface area contributed by atoms with E-state index in [-0.39, 0.29) is 0 Å². The van der Waals surface area contributed by atoms with E-state index in [0.29, 0.717) is 0 Å². The van der Waals surface area contributed by atoms with Crippen molar-refractivity contribution >= 4 is 43.4 Å². The van der Waals surface area contributed by atoms with E-state index in [1.807, 2.05) is 0 Å². The number of rotatable bonds is 5. The highest BCUT2D eigenvalue weighted by atomic mass is 15.1. The first-order valence-corrected chi connectivity index (χ1v) is 16.4. The van der Waals surface area contributed by atoms with Crippen LogP contribution in [0.3, 0.4) is 0 Å². The van der Waals surface area contributed by atoms with Gasteiger partial charge in [0.05, 0.1) is 11.0 Å². The minimum absolute atomic E-state index is 0.860. The lowest BCUT2D eigenvalue weighted by Gasteiger charge is -2.19. The summed E-state index contributed by atoms with van der Waals surface area (Å²) in [5.41, 5.74) is 10.7. The van der Waals surface area contributed by atoms with Crippen molar-refractivity contribution < 1.29 is 0 Å². The summed E-state index contributed by atoms with van der Waals surface area (Å²) in [4.78, 5) is 4.96. The van der Waals surface area contributed by atoms with Crippen LogP contribution in [0, 0.1) is 0 Å². The van der Waals surface area contributed by atoms with E-state index in [4.69, 9.17) is 4.98 Å². The Morgan fingerprint density at radius 1 is 0.447 bits per heavy atom. The highest BCUT2D eigenvalue weighted by molar-refractivity contribution is 6.21. The maximum Gasteiger partial charge on any atom is 0.114 e. The minimum Gasteiger partial charge on any atom is -0.296 e. The molecule has 0 radical (unpaired) electrons. The van der Waals surface area contributed by atoms with Gasteiger partial charge in [-0.3, -0.25) is 4.57 Å². The molecular weight excluding hydrogens is 569 g/mol. The third-order valence-electron chi connectivity index (χ3n) is 9.53. The zero-order chi connectivity index (χ0) is 31.3. The van der Waals surface area contributed by atoms with Crippen LogP contribution in [-0.4, -0.2) is 9.55 Å². The van der Waals surface area contributed by atoms with E-state index >= 15 is 0 Å². The van der Waals surface area contributed by atoms with Crippen molar-refractivity contribution in [1.82, 2.24) is 9.55 Å². The molecule has 2 nitrogen and oxygen atoms in total. The van der Waals surface area contributed by atoms with Crippen LogP contribution < -0.4 is 0 Å². The molecule has 0 aliphatic rings. The highest BCUT2D eigenvalue weighted by Crippen LogP contribution is 2.44. The van der Waals surface area contributed by atoms with E-state index in [1.165, 1.54) is 65.7 Å². The number of hydrogen-bond donors (Lipinski definition) is 0. The summed E-state index contributed by atoms with van der Waals surface area (Å²) in [6, 6.07) is 59.5. The first-order chi connectivity index (χ1) is 23.3. The summed E-state index contributed by atoms with van der Waals surface area (Å²) in [5.74, 6) is 1.07. The molecule has 0 aliphatic carbocycles. The molecule has 0 aliphatic heterocycles. The van der Waals surface area contributed by atoms with Crippen LogP contribution in [0.25, 0.3) is 82.4 Å². The molecule has 0 N–H and O–H groups in total. The molecule has 47 heavy (non-hydrogen) atoms. The van der Waals surface area contributed by atoms with Crippen molar-refractivity contribution in [3.63, 3.8) is 0 Å². The molecule has 1 heterocycles. The van der Waals surface area contributed by atoms with Gasteiger partial charge in [0.1, 0.15) is 5.82 Å². The van der Waals surface area contributed by atoms with Gasteiger partial charge >= 0.3 is 0 Å². The van der Waals surface area contributed by atoms with Crippen LogP contribution in [-0.2, 0) is 6.42 Å². The zero-order valence-electron chi connectivity index (χ0n) is 26.2. The largest absolute Gasteiger partial charge is 0.296 e. The Hall–Kier alpha value is -5.99. The molecule has 0 bridgehead atoms. The molecule has 0 amide bonds. The average Bonchev–Trinajstić information content (AvgIpc) is 3.53. The predicted molar refractivity (Wildman–Crippen MR) is 199 cm³/mol. The Balaban J connectivity index is 1.22. The second-order valence-electron chi connectivity index (χ2n) is 12.2. The monoisotopic (exact) mass is 600 g/mol.